The summed E-state index contributed by atoms with van der Waals surface area (Å²) >= 11 is 11.7. The van der Waals surface area contributed by atoms with E-state index in [1.165, 1.54) is 0 Å². The van der Waals surface area contributed by atoms with Crippen molar-refractivity contribution >= 4 is 23.2 Å². The van der Waals surface area contributed by atoms with Crippen LogP contribution in [0.25, 0.3) is 0 Å². The van der Waals surface area contributed by atoms with E-state index in [2.05, 4.69) is 4.74 Å². The zero-order chi connectivity index (χ0) is 15.0. The van der Waals surface area contributed by atoms with Gasteiger partial charge in [0.2, 0.25) is 0 Å². The highest BCUT2D eigenvalue weighted by atomic mass is 35.5. The average molecular weight is 329 g/mol. The van der Waals surface area contributed by atoms with Crippen molar-refractivity contribution in [3.63, 3.8) is 0 Å². The van der Waals surface area contributed by atoms with E-state index in [0.29, 0.717) is 17.3 Å². The van der Waals surface area contributed by atoms with Gasteiger partial charge in [0.25, 0.3) is 0 Å². The minimum atomic E-state index is -4.25. The standard InChI is InChI=1S/C14H17Cl2F3O/c15-9-12(2-1-7-20-10-14(17,18)19)8-11-3-5-13(16)6-4-11/h3-6,12H,1-2,7-10H2. The van der Waals surface area contributed by atoms with E-state index in [1.54, 1.807) is 0 Å². The number of hydrogen-bond acceptors (Lipinski definition) is 1. The van der Waals surface area contributed by atoms with E-state index in [1.807, 2.05) is 24.3 Å². The second-order valence-electron chi connectivity index (χ2n) is 4.66. The second-order valence-corrected chi connectivity index (χ2v) is 5.41. The number of ether oxygens (including phenoxy) is 1. The van der Waals surface area contributed by atoms with E-state index in [0.717, 1.165) is 18.4 Å². The van der Waals surface area contributed by atoms with Crippen LogP contribution in [0.4, 0.5) is 13.2 Å². The van der Waals surface area contributed by atoms with Gasteiger partial charge in [-0.3, -0.25) is 0 Å². The summed E-state index contributed by atoms with van der Waals surface area (Å²) in [6.07, 6.45) is -2.15. The lowest BCUT2D eigenvalue weighted by atomic mass is 9.97. The van der Waals surface area contributed by atoms with Crippen molar-refractivity contribution in [2.24, 2.45) is 5.92 Å². The number of rotatable bonds is 8. The molecule has 0 aliphatic heterocycles. The molecule has 1 aromatic carbocycles. The molecule has 0 N–H and O–H groups in total. The maximum Gasteiger partial charge on any atom is 0.411 e. The zero-order valence-electron chi connectivity index (χ0n) is 10.9. The number of benzene rings is 1. The molecule has 0 aromatic heterocycles. The van der Waals surface area contributed by atoms with E-state index in [-0.39, 0.29) is 12.5 Å². The van der Waals surface area contributed by atoms with Gasteiger partial charge in [0, 0.05) is 17.5 Å². The van der Waals surface area contributed by atoms with Crippen LogP contribution >= 0.6 is 23.2 Å². The van der Waals surface area contributed by atoms with Gasteiger partial charge < -0.3 is 4.74 Å². The van der Waals surface area contributed by atoms with Crippen molar-refractivity contribution in [1.82, 2.24) is 0 Å². The summed E-state index contributed by atoms with van der Waals surface area (Å²) < 4.78 is 40.2. The normalized spacial score (nSPS) is 13.4. The Balaban J connectivity index is 2.24. The van der Waals surface area contributed by atoms with Crippen LogP contribution in [-0.4, -0.2) is 25.3 Å². The van der Waals surface area contributed by atoms with Crippen LogP contribution in [0.2, 0.25) is 5.02 Å². The van der Waals surface area contributed by atoms with Crippen LogP contribution in [0, 0.1) is 5.92 Å². The van der Waals surface area contributed by atoms with Crippen LogP contribution in [-0.2, 0) is 11.2 Å². The molecule has 0 fully saturated rings. The highest BCUT2D eigenvalue weighted by molar-refractivity contribution is 6.30. The Bertz CT molecular complexity index is 379. The van der Waals surface area contributed by atoms with Crippen molar-refractivity contribution in [1.29, 1.82) is 0 Å². The van der Waals surface area contributed by atoms with Crippen molar-refractivity contribution in [3.8, 4) is 0 Å². The third-order valence-corrected chi connectivity index (χ3v) is 3.51. The first-order chi connectivity index (χ1) is 9.40. The molecule has 1 unspecified atom stereocenters. The van der Waals surface area contributed by atoms with Gasteiger partial charge in [0.1, 0.15) is 6.61 Å². The minimum Gasteiger partial charge on any atom is -0.372 e. The first-order valence-electron chi connectivity index (χ1n) is 6.35. The highest BCUT2D eigenvalue weighted by Crippen LogP contribution is 2.19. The average Bonchev–Trinajstić information content (AvgIpc) is 2.38. The van der Waals surface area contributed by atoms with Gasteiger partial charge in [-0.05, 0) is 42.9 Å². The lowest BCUT2D eigenvalue weighted by Gasteiger charge is -2.14. The number of alkyl halides is 4. The monoisotopic (exact) mass is 328 g/mol. The largest absolute Gasteiger partial charge is 0.411 e. The SMILES string of the molecule is FC(F)(F)COCCCC(CCl)Cc1ccc(Cl)cc1. The first-order valence-corrected chi connectivity index (χ1v) is 7.27. The van der Waals surface area contributed by atoms with E-state index in [9.17, 15) is 13.2 Å². The molecule has 0 aliphatic carbocycles. The van der Waals surface area contributed by atoms with Gasteiger partial charge >= 0.3 is 6.18 Å². The summed E-state index contributed by atoms with van der Waals surface area (Å²) in [4.78, 5) is 0. The summed E-state index contributed by atoms with van der Waals surface area (Å²) in [6.45, 7) is -1.08. The molecule has 0 bridgehead atoms. The maximum atomic E-state index is 11.9. The van der Waals surface area contributed by atoms with Gasteiger partial charge in [-0.2, -0.15) is 13.2 Å². The molecule has 0 aliphatic rings. The Hall–Kier alpha value is -0.450. The van der Waals surface area contributed by atoms with Crippen molar-refractivity contribution in [2.45, 2.75) is 25.4 Å². The quantitative estimate of drug-likeness (QED) is 0.476. The Morgan fingerprint density at radius 2 is 1.80 bits per heavy atom. The highest BCUT2D eigenvalue weighted by Gasteiger charge is 2.27. The van der Waals surface area contributed by atoms with Gasteiger partial charge in [-0.1, -0.05) is 23.7 Å². The molecule has 1 nitrogen and oxygen atoms in total. The fraction of sp³-hybridized carbons (Fsp3) is 0.571. The summed E-state index contributed by atoms with van der Waals surface area (Å²) in [6, 6.07) is 7.49. The smallest absolute Gasteiger partial charge is 0.372 e. The molecule has 0 heterocycles. The van der Waals surface area contributed by atoms with E-state index < -0.39 is 12.8 Å². The Morgan fingerprint density at radius 1 is 1.15 bits per heavy atom. The Morgan fingerprint density at radius 3 is 2.35 bits per heavy atom. The molecular weight excluding hydrogens is 312 g/mol. The van der Waals surface area contributed by atoms with Crippen LogP contribution in [0.3, 0.4) is 0 Å². The minimum absolute atomic E-state index is 0.105. The van der Waals surface area contributed by atoms with Gasteiger partial charge in [-0.25, -0.2) is 0 Å². The van der Waals surface area contributed by atoms with E-state index in [4.69, 9.17) is 23.2 Å². The molecular formula is C14H17Cl2F3O. The van der Waals surface area contributed by atoms with Crippen LogP contribution in [0.1, 0.15) is 18.4 Å². The third-order valence-electron chi connectivity index (χ3n) is 2.82. The number of hydrogen-bond donors (Lipinski definition) is 0. The summed E-state index contributed by atoms with van der Waals surface area (Å²) in [5, 5.41) is 0.678. The molecule has 0 spiro atoms. The summed E-state index contributed by atoms with van der Waals surface area (Å²) in [7, 11) is 0. The lowest BCUT2D eigenvalue weighted by molar-refractivity contribution is -0.174. The Labute approximate surface area is 127 Å². The molecule has 114 valence electrons. The van der Waals surface area contributed by atoms with Crippen LogP contribution in [0.15, 0.2) is 24.3 Å². The molecule has 20 heavy (non-hydrogen) atoms. The molecule has 0 amide bonds. The molecule has 1 atom stereocenters. The fourth-order valence-electron chi connectivity index (χ4n) is 1.85. The van der Waals surface area contributed by atoms with Crippen LogP contribution < -0.4 is 0 Å². The Kier molecular flexibility index (Phi) is 7.70. The predicted molar refractivity (Wildman–Crippen MR) is 75.5 cm³/mol. The molecule has 1 rings (SSSR count). The second kappa shape index (κ2) is 8.75. The zero-order valence-corrected chi connectivity index (χ0v) is 12.4. The van der Waals surface area contributed by atoms with Crippen molar-refractivity contribution in [3.05, 3.63) is 34.9 Å². The fourth-order valence-corrected chi connectivity index (χ4v) is 2.24. The molecule has 0 saturated carbocycles. The lowest BCUT2D eigenvalue weighted by Crippen LogP contribution is -2.17. The van der Waals surface area contributed by atoms with Crippen molar-refractivity contribution in [2.75, 3.05) is 19.1 Å². The van der Waals surface area contributed by atoms with Crippen molar-refractivity contribution < 1.29 is 17.9 Å². The van der Waals surface area contributed by atoms with Gasteiger partial charge in [0.15, 0.2) is 0 Å². The third kappa shape index (κ3) is 7.98. The number of halogens is 5. The van der Waals surface area contributed by atoms with Gasteiger partial charge in [0.05, 0.1) is 0 Å². The topological polar surface area (TPSA) is 9.23 Å². The predicted octanol–water partition coefficient (Wildman–Crippen LogP) is 5.10. The summed E-state index contributed by atoms with van der Waals surface area (Å²) in [5.41, 5.74) is 1.12. The molecule has 1 aromatic rings. The summed E-state index contributed by atoms with van der Waals surface area (Å²) in [5.74, 6) is 0.703. The molecule has 0 saturated heterocycles. The van der Waals surface area contributed by atoms with E-state index >= 15 is 0 Å². The molecule has 0 radical (unpaired) electrons. The van der Waals surface area contributed by atoms with Gasteiger partial charge in [-0.15, -0.1) is 11.6 Å². The molecule has 6 heteroatoms. The maximum absolute atomic E-state index is 11.9. The first kappa shape index (κ1) is 17.6. The van der Waals surface area contributed by atoms with Crippen LogP contribution in [0.5, 0.6) is 0 Å².